The lowest BCUT2D eigenvalue weighted by molar-refractivity contribution is 1.07. The highest BCUT2D eigenvalue weighted by atomic mass is 15.0. The van der Waals surface area contributed by atoms with Gasteiger partial charge in [0.2, 0.25) is 0 Å². The summed E-state index contributed by atoms with van der Waals surface area (Å²) in [7, 11) is 0. The van der Waals surface area contributed by atoms with Crippen molar-refractivity contribution in [3.8, 4) is 90.0 Å². The van der Waals surface area contributed by atoms with Crippen molar-refractivity contribution < 1.29 is 0 Å². The first kappa shape index (κ1) is 47.9. The molecule has 0 unspecified atom stereocenters. The minimum atomic E-state index is 0.540. The first-order chi connectivity index (χ1) is 39.3. The van der Waals surface area contributed by atoms with Crippen molar-refractivity contribution in [2.24, 2.45) is 0 Å². The van der Waals surface area contributed by atoms with Crippen LogP contribution in [0.15, 0.2) is 243 Å². The van der Waals surface area contributed by atoms with Crippen LogP contribution in [0.4, 0.5) is 5.69 Å². The van der Waals surface area contributed by atoms with Gasteiger partial charge >= 0.3 is 0 Å². The third-order valence-electron chi connectivity index (χ3n) is 15.8. The molecule has 6 nitrogen and oxygen atoms in total. The molecule has 0 saturated heterocycles. The molecule has 0 spiro atoms. The molecule has 14 aromatic rings. The zero-order valence-electron chi connectivity index (χ0n) is 44.8. The second-order valence-electron chi connectivity index (χ2n) is 20.9. The Hall–Kier alpha value is -10.5. The summed E-state index contributed by atoms with van der Waals surface area (Å²) in [6, 6.07) is 86.2. The van der Waals surface area contributed by atoms with Gasteiger partial charge in [0, 0.05) is 49.5 Å². The molecule has 3 heterocycles. The van der Waals surface area contributed by atoms with Gasteiger partial charge in [-0.2, -0.15) is 0 Å². The highest BCUT2D eigenvalue weighted by Gasteiger charge is 2.24. The van der Waals surface area contributed by atoms with Gasteiger partial charge in [0.15, 0.2) is 23.2 Å². The van der Waals surface area contributed by atoms with Crippen molar-refractivity contribution >= 4 is 49.3 Å². The summed E-state index contributed by atoms with van der Waals surface area (Å²) < 4.78 is 4.81. The first-order valence-electron chi connectivity index (χ1n) is 27.1. The monoisotopic (exact) mass is 1020 g/mol. The van der Waals surface area contributed by atoms with Crippen LogP contribution in [0, 0.1) is 34.3 Å². The smallest absolute Gasteiger partial charge is 0.194 e. The van der Waals surface area contributed by atoms with E-state index >= 15 is 0 Å². The van der Waals surface area contributed by atoms with Crippen LogP contribution < -0.4 is 0 Å². The van der Waals surface area contributed by atoms with Crippen LogP contribution in [0.25, 0.3) is 139 Å². The van der Waals surface area contributed by atoms with E-state index in [-0.39, 0.29) is 0 Å². The molecule has 0 aliphatic rings. The highest BCUT2D eigenvalue weighted by Crippen LogP contribution is 2.45. The lowest BCUT2D eigenvalue weighted by Gasteiger charge is -2.20. The molecule has 0 bridgehead atoms. The van der Waals surface area contributed by atoms with E-state index in [2.05, 4.69) is 224 Å². The molecule has 0 radical (unpaired) electrons. The van der Waals surface area contributed by atoms with Gasteiger partial charge in [0.25, 0.3) is 0 Å². The molecular formula is C74H52N6. The van der Waals surface area contributed by atoms with Crippen LogP contribution in [0.2, 0.25) is 0 Å². The Labute approximate surface area is 465 Å². The number of hydrogen-bond acceptors (Lipinski definition) is 3. The van der Waals surface area contributed by atoms with Gasteiger partial charge in [-0.15, -0.1) is 0 Å². The number of nitrogens with zero attached hydrogens (tertiary/aromatic N) is 6. The average Bonchev–Trinajstić information content (AvgIpc) is 4.19. The number of benzene rings is 11. The Kier molecular flexibility index (Phi) is 11.7. The summed E-state index contributed by atoms with van der Waals surface area (Å²) in [6.45, 7) is 17.0. The molecule has 0 aliphatic heterocycles. The second kappa shape index (κ2) is 19.5. The average molecular weight is 1030 g/mol. The van der Waals surface area contributed by atoms with Gasteiger partial charge in [-0.3, -0.25) is 0 Å². The Morgan fingerprint density at radius 1 is 0.312 bits per heavy atom. The maximum absolute atomic E-state index is 8.34. The van der Waals surface area contributed by atoms with E-state index in [0.29, 0.717) is 23.2 Å². The standard InChI is InChI=1S/C74H52N6/c1-46-28-34-56(48(3)40-46)52-30-37-69-63(42-52)59-23-13-16-26-67(59)79(69)55-33-36-61(74-77-72(50-18-8-6-9-19-50)76-73(78-74)51-20-10-7-11-21-51)62(45-55)65-44-54(58-22-12-15-25-66(58)75-5)32-39-71(65)80-68-27-17-14-24-60(68)64-43-53(31-38-70(64)80)57-35-29-47(2)41-49(57)4/h6-45H,1-4H3. The van der Waals surface area contributed by atoms with Crippen molar-refractivity contribution in [1.29, 1.82) is 0 Å². The predicted molar refractivity (Wildman–Crippen MR) is 332 cm³/mol. The molecule has 0 fully saturated rings. The summed E-state index contributed by atoms with van der Waals surface area (Å²) in [5.74, 6) is 1.69. The van der Waals surface area contributed by atoms with E-state index < -0.39 is 0 Å². The molecular weight excluding hydrogens is 973 g/mol. The van der Waals surface area contributed by atoms with Gasteiger partial charge < -0.3 is 9.13 Å². The number of rotatable bonds is 9. The Balaban J connectivity index is 1.09. The zero-order chi connectivity index (χ0) is 54.0. The van der Waals surface area contributed by atoms with Crippen LogP contribution in [0.1, 0.15) is 22.3 Å². The molecule has 0 saturated carbocycles. The van der Waals surface area contributed by atoms with E-state index in [9.17, 15) is 0 Å². The topological polar surface area (TPSA) is 52.9 Å². The van der Waals surface area contributed by atoms with Gasteiger partial charge in [0.05, 0.1) is 34.3 Å². The predicted octanol–water partition coefficient (Wildman–Crippen LogP) is 19.5. The van der Waals surface area contributed by atoms with Gasteiger partial charge in [0.1, 0.15) is 0 Å². The van der Waals surface area contributed by atoms with E-state index in [0.717, 1.165) is 83.2 Å². The quantitative estimate of drug-likeness (QED) is 0.135. The van der Waals surface area contributed by atoms with Crippen LogP contribution in [0.3, 0.4) is 0 Å². The van der Waals surface area contributed by atoms with Crippen LogP contribution >= 0.6 is 0 Å². The van der Waals surface area contributed by atoms with Gasteiger partial charge in [-0.05, 0) is 144 Å². The third-order valence-corrected chi connectivity index (χ3v) is 15.8. The molecule has 3 aromatic heterocycles. The van der Waals surface area contributed by atoms with Crippen molar-refractivity contribution in [2.75, 3.05) is 0 Å². The van der Waals surface area contributed by atoms with Crippen molar-refractivity contribution in [3.05, 3.63) is 276 Å². The summed E-state index contributed by atoms with van der Waals surface area (Å²) >= 11 is 0. The number of hydrogen-bond donors (Lipinski definition) is 0. The van der Waals surface area contributed by atoms with Gasteiger partial charge in [-0.25, -0.2) is 19.8 Å². The molecule has 378 valence electrons. The molecule has 11 aromatic carbocycles. The van der Waals surface area contributed by atoms with Gasteiger partial charge in [-0.1, -0.05) is 187 Å². The van der Waals surface area contributed by atoms with E-state index in [1.807, 2.05) is 60.7 Å². The SMILES string of the molecule is [C-]#[N+]c1ccccc1-c1ccc(-n2c3ccccc3c3cc(-c4ccc(C)cc4C)ccc32)c(-c2cc(-n3c4ccccc4c4cc(-c5ccc(C)cc5C)ccc43)ccc2-c2nc(-c3ccccc3)nc(-c3ccccc3)n2)c1. The van der Waals surface area contributed by atoms with Crippen molar-refractivity contribution in [1.82, 2.24) is 24.1 Å². The Morgan fingerprint density at radius 3 is 1.38 bits per heavy atom. The molecule has 0 N–H and O–H groups in total. The Bertz CT molecular complexity index is 4770. The summed E-state index contributed by atoms with van der Waals surface area (Å²) in [5, 5.41) is 4.65. The maximum atomic E-state index is 8.34. The highest BCUT2D eigenvalue weighted by molar-refractivity contribution is 6.12. The molecule has 0 atom stereocenters. The molecule has 6 heteroatoms. The van der Waals surface area contributed by atoms with E-state index in [1.54, 1.807) is 0 Å². The Morgan fingerprint density at radius 2 is 0.787 bits per heavy atom. The maximum Gasteiger partial charge on any atom is 0.194 e. The summed E-state index contributed by atoms with van der Waals surface area (Å²) in [6.07, 6.45) is 0. The number of para-hydroxylation sites is 3. The molecule has 0 amide bonds. The second-order valence-corrected chi connectivity index (χ2v) is 20.9. The largest absolute Gasteiger partial charge is 0.309 e. The van der Waals surface area contributed by atoms with Crippen LogP contribution in [-0.4, -0.2) is 24.1 Å². The van der Waals surface area contributed by atoms with E-state index in [1.165, 1.54) is 55.3 Å². The first-order valence-corrected chi connectivity index (χ1v) is 27.1. The fraction of sp³-hybridized carbons (Fsp3) is 0.0541. The fourth-order valence-electron chi connectivity index (χ4n) is 12.0. The number of aryl methyl sites for hydroxylation is 4. The zero-order valence-corrected chi connectivity index (χ0v) is 44.8. The third kappa shape index (κ3) is 8.23. The van der Waals surface area contributed by atoms with Crippen molar-refractivity contribution in [2.45, 2.75) is 27.7 Å². The van der Waals surface area contributed by atoms with Crippen LogP contribution in [0.5, 0.6) is 0 Å². The minimum absolute atomic E-state index is 0.540. The fourth-order valence-corrected chi connectivity index (χ4v) is 12.0. The minimum Gasteiger partial charge on any atom is -0.309 e. The number of aromatic nitrogens is 5. The molecule has 80 heavy (non-hydrogen) atoms. The van der Waals surface area contributed by atoms with Crippen LogP contribution in [-0.2, 0) is 0 Å². The lowest BCUT2D eigenvalue weighted by Crippen LogP contribution is -2.04. The summed E-state index contributed by atoms with van der Waals surface area (Å²) in [5.41, 5.74) is 22.9. The number of fused-ring (bicyclic) bond motifs is 6. The summed E-state index contributed by atoms with van der Waals surface area (Å²) in [4.78, 5) is 20.0. The van der Waals surface area contributed by atoms with Crippen molar-refractivity contribution in [3.63, 3.8) is 0 Å². The van der Waals surface area contributed by atoms with E-state index in [4.69, 9.17) is 21.5 Å². The molecule has 14 rings (SSSR count). The normalized spacial score (nSPS) is 11.5. The lowest BCUT2D eigenvalue weighted by atomic mass is 9.92. The molecule has 0 aliphatic carbocycles.